The van der Waals surface area contributed by atoms with Crippen LogP contribution in [0, 0.1) is 5.41 Å². The van der Waals surface area contributed by atoms with E-state index in [0.717, 1.165) is 49.6 Å². The van der Waals surface area contributed by atoms with Crippen LogP contribution in [0.5, 0.6) is 0 Å². The van der Waals surface area contributed by atoms with Crippen LogP contribution < -0.4 is 10.6 Å². The number of rotatable bonds is 7. The predicted molar refractivity (Wildman–Crippen MR) is 197 cm³/mol. The van der Waals surface area contributed by atoms with Crippen molar-refractivity contribution in [3.8, 4) is 0 Å². The number of aromatic nitrogens is 4. The summed E-state index contributed by atoms with van der Waals surface area (Å²) < 4.78 is 7.55. The molecule has 0 radical (unpaired) electrons. The summed E-state index contributed by atoms with van der Waals surface area (Å²) in [5, 5.41) is 7.01. The Balaban J connectivity index is 0.000000875. The Morgan fingerprint density at radius 3 is 2.18 bits per heavy atom. The lowest BCUT2D eigenvalue weighted by Crippen LogP contribution is -2.68. The van der Waals surface area contributed by atoms with Gasteiger partial charge in [-0.25, -0.2) is 14.8 Å². The lowest BCUT2D eigenvalue weighted by molar-refractivity contribution is -0.0980. The van der Waals surface area contributed by atoms with Crippen LogP contribution in [0.25, 0.3) is 11.0 Å². The molecule has 2 aliphatic carbocycles. The maximum Gasteiger partial charge on any atom is 0.410 e. The molecule has 1 saturated heterocycles. The number of anilines is 2. The van der Waals surface area contributed by atoms with E-state index in [1.165, 1.54) is 0 Å². The minimum atomic E-state index is -0.507. The van der Waals surface area contributed by atoms with E-state index in [1.54, 1.807) is 53.3 Å². The van der Waals surface area contributed by atoms with Gasteiger partial charge in [-0.05, 0) is 71.7 Å². The molecule has 0 atom stereocenters. The lowest BCUT2D eigenvalue weighted by Gasteiger charge is -2.60. The summed E-state index contributed by atoms with van der Waals surface area (Å²) >= 11 is 0. The molecule has 0 aromatic carbocycles. The second kappa shape index (κ2) is 15.3. The summed E-state index contributed by atoms with van der Waals surface area (Å²) in [6.07, 6.45) is 9.06. The van der Waals surface area contributed by atoms with E-state index < -0.39 is 5.60 Å². The number of pyridine rings is 1. The van der Waals surface area contributed by atoms with Gasteiger partial charge in [-0.1, -0.05) is 34.1 Å². The third-order valence-electron chi connectivity index (χ3n) is 9.63. The maximum absolute atomic E-state index is 13.2. The highest BCUT2D eigenvalue weighted by Gasteiger charge is 2.56. The van der Waals surface area contributed by atoms with Crippen molar-refractivity contribution in [2.75, 3.05) is 46.6 Å². The van der Waals surface area contributed by atoms with Crippen LogP contribution in [0.15, 0.2) is 30.6 Å². The summed E-state index contributed by atoms with van der Waals surface area (Å²) in [5.74, 6) is 0.760. The molecule has 2 saturated carbocycles. The zero-order chi connectivity index (χ0) is 35.7. The number of nitrogens with one attached hydrogen (secondary N) is 2. The second-order valence-electron chi connectivity index (χ2n) is 15.3. The monoisotopic (exact) mass is 691 g/mol. The van der Waals surface area contributed by atoms with Gasteiger partial charge in [-0.15, -0.1) is 0 Å². The Kier molecular flexibility index (Phi) is 11.8. The van der Waals surface area contributed by atoms with Gasteiger partial charge in [-0.3, -0.25) is 9.59 Å². The van der Waals surface area contributed by atoms with Crippen molar-refractivity contribution < 1.29 is 19.1 Å². The number of ether oxygens (including phenoxy) is 1. The fraction of sp³-hybridized carbons (Fsp3) is 0.622. The van der Waals surface area contributed by atoms with E-state index in [1.807, 2.05) is 40.9 Å². The van der Waals surface area contributed by atoms with E-state index in [2.05, 4.69) is 39.0 Å². The largest absolute Gasteiger partial charge is 0.444 e. The van der Waals surface area contributed by atoms with Crippen LogP contribution >= 0.6 is 0 Å². The van der Waals surface area contributed by atoms with Crippen LogP contribution in [0.1, 0.15) is 107 Å². The SMILES string of the molecule is C.CN(C)C(=O)c1cc2cnc(Nc3ccc(C(=O)N(C)C4CC5(C4)CN(C(=O)OC(C)(C)C)C5)cn3)nc2n1C1CCCC1.CNC(C)C. The van der Waals surface area contributed by atoms with Gasteiger partial charge in [0, 0.05) is 75.6 Å². The molecular formula is C37H57N9O4. The number of amides is 3. The van der Waals surface area contributed by atoms with Crippen LogP contribution in [-0.2, 0) is 4.74 Å². The van der Waals surface area contributed by atoms with Gasteiger partial charge >= 0.3 is 6.09 Å². The summed E-state index contributed by atoms with van der Waals surface area (Å²) in [5.41, 5.74) is 1.44. The van der Waals surface area contributed by atoms with Crippen LogP contribution in [0.4, 0.5) is 16.6 Å². The molecule has 13 nitrogen and oxygen atoms in total. The van der Waals surface area contributed by atoms with E-state index in [9.17, 15) is 14.4 Å². The van der Waals surface area contributed by atoms with E-state index in [0.29, 0.717) is 42.2 Å². The van der Waals surface area contributed by atoms with Gasteiger partial charge in [0.1, 0.15) is 22.8 Å². The first kappa shape index (κ1) is 38.5. The summed E-state index contributed by atoms with van der Waals surface area (Å²) in [4.78, 5) is 57.4. The molecule has 2 N–H and O–H groups in total. The Hall–Kier alpha value is -4.26. The highest BCUT2D eigenvalue weighted by atomic mass is 16.6. The first-order chi connectivity index (χ1) is 23.1. The Morgan fingerprint density at radius 2 is 1.64 bits per heavy atom. The molecule has 274 valence electrons. The molecule has 3 aromatic heterocycles. The van der Waals surface area contributed by atoms with Crippen molar-refractivity contribution in [3.05, 3.63) is 41.9 Å². The maximum atomic E-state index is 13.2. The predicted octanol–water partition coefficient (Wildman–Crippen LogP) is 6.11. The minimum Gasteiger partial charge on any atom is -0.444 e. The number of likely N-dealkylation sites (tertiary alicyclic amines) is 1. The molecule has 3 amide bonds. The van der Waals surface area contributed by atoms with Gasteiger partial charge in [0.05, 0.1) is 5.56 Å². The quantitative estimate of drug-likeness (QED) is 0.301. The van der Waals surface area contributed by atoms with Crippen LogP contribution in [0.2, 0.25) is 0 Å². The van der Waals surface area contributed by atoms with Crippen molar-refractivity contribution >= 4 is 40.7 Å². The third kappa shape index (κ3) is 8.54. The van der Waals surface area contributed by atoms with E-state index in [4.69, 9.17) is 9.72 Å². The molecule has 13 heteroatoms. The lowest BCUT2D eigenvalue weighted by atomic mass is 9.60. The normalized spacial score (nSPS) is 17.0. The van der Waals surface area contributed by atoms with Gasteiger partial charge in [0.25, 0.3) is 11.8 Å². The highest BCUT2D eigenvalue weighted by molar-refractivity contribution is 5.98. The Bertz CT molecular complexity index is 1640. The van der Waals surface area contributed by atoms with Gasteiger partial charge in [0.2, 0.25) is 5.95 Å². The summed E-state index contributed by atoms with van der Waals surface area (Å²) in [6.45, 7) is 11.2. The fourth-order valence-electron chi connectivity index (χ4n) is 6.76. The number of nitrogens with zero attached hydrogens (tertiary/aromatic N) is 7. The Labute approximate surface area is 297 Å². The van der Waals surface area contributed by atoms with Gasteiger partial charge in [0.15, 0.2) is 0 Å². The smallest absolute Gasteiger partial charge is 0.410 e. The topological polar surface area (TPSA) is 138 Å². The molecule has 1 spiro atoms. The molecule has 3 aliphatic rings. The zero-order valence-corrected chi connectivity index (χ0v) is 30.5. The van der Waals surface area contributed by atoms with Gasteiger partial charge in [-0.2, -0.15) is 4.98 Å². The zero-order valence-electron chi connectivity index (χ0n) is 30.5. The third-order valence-corrected chi connectivity index (χ3v) is 9.63. The molecule has 3 fully saturated rings. The van der Waals surface area contributed by atoms with Crippen molar-refractivity contribution in [2.45, 2.75) is 104 Å². The summed E-state index contributed by atoms with van der Waals surface area (Å²) in [7, 11) is 7.29. The second-order valence-corrected chi connectivity index (χ2v) is 15.3. The molecule has 0 unspecified atom stereocenters. The number of fused-ring (bicyclic) bond motifs is 1. The molecule has 50 heavy (non-hydrogen) atoms. The average Bonchev–Trinajstić information content (AvgIpc) is 3.66. The first-order valence-electron chi connectivity index (χ1n) is 17.3. The molecule has 1 aliphatic heterocycles. The fourth-order valence-corrected chi connectivity index (χ4v) is 6.76. The minimum absolute atomic E-state index is 0. The number of carbonyl (C=O) groups excluding carboxylic acids is 3. The van der Waals surface area contributed by atoms with E-state index >= 15 is 0 Å². The number of carbonyl (C=O) groups is 3. The van der Waals surface area contributed by atoms with Crippen molar-refractivity contribution in [2.24, 2.45) is 5.41 Å². The molecule has 3 aromatic rings. The standard InChI is InChI=1S/C32H42N8O4.C4H11N.CH4/c1-31(2,3)44-30(43)39-18-32(19-39)14-23(15-32)38(6)27(41)20-11-12-25(33-16-20)35-29-34-17-21-13-24(28(42)37(4)5)40(26(21)36-29)22-9-7-8-10-22;1-4(2)5-3;/h11-13,16-17,22-23H,7-10,14-15,18-19H2,1-6H3,(H,33,34,35,36);4-5H,1-3H3;1H4. The van der Waals surface area contributed by atoms with Crippen molar-refractivity contribution in [1.82, 2.24) is 39.5 Å². The first-order valence-corrected chi connectivity index (χ1v) is 17.3. The number of hydrogen-bond acceptors (Lipinski definition) is 9. The van der Waals surface area contributed by atoms with Crippen LogP contribution in [-0.4, -0.2) is 111 Å². The molecule has 4 heterocycles. The van der Waals surface area contributed by atoms with Gasteiger partial charge < -0.3 is 34.6 Å². The van der Waals surface area contributed by atoms with Crippen molar-refractivity contribution in [3.63, 3.8) is 0 Å². The molecule has 0 bridgehead atoms. The van der Waals surface area contributed by atoms with Crippen molar-refractivity contribution in [1.29, 1.82) is 0 Å². The highest BCUT2D eigenvalue weighted by Crippen LogP contribution is 2.50. The molecule has 6 rings (SSSR count). The molecular weight excluding hydrogens is 634 g/mol. The summed E-state index contributed by atoms with van der Waals surface area (Å²) in [6, 6.07) is 6.37. The average molecular weight is 692 g/mol. The van der Waals surface area contributed by atoms with Crippen LogP contribution in [0.3, 0.4) is 0 Å². The number of hydrogen-bond donors (Lipinski definition) is 2. The Morgan fingerprint density at radius 1 is 1.00 bits per heavy atom. The van der Waals surface area contributed by atoms with E-state index in [-0.39, 0.29) is 42.8 Å².